The van der Waals surface area contributed by atoms with Crippen LogP contribution in [0, 0.1) is 0 Å². The van der Waals surface area contributed by atoms with Crippen molar-refractivity contribution in [2.75, 3.05) is 11.9 Å². The zero-order valence-electron chi connectivity index (χ0n) is 10.9. The van der Waals surface area contributed by atoms with Crippen molar-refractivity contribution in [3.63, 3.8) is 0 Å². The maximum absolute atomic E-state index is 11.8. The van der Waals surface area contributed by atoms with Crippen molar-refractivity contribution >= 4 is 27.6 Å². The van der Waals surface area contributed by atoms with Gasteiger partial charge in [0, 0.05) is 25.9 Å². The first-order valence-corrected chi connectivity index (χ1v) is 6.81. The number of nitrogens with one attached hydrogen (secondary N) is 2. The van der Waals surface area contributed by atoms with E-state index in [0.29, 0.717) is 16.6 Å². The van der Waals surface area contributed by atoms with E-state index < -0.39 is 0 Å². The van der Waals surface area contributed by atoms with Crippen LogP contribution in [-0.4, -0.2) is 28.4 Å². The largest absolute Gasteiger partial charge is 0.396 e. The highest BCUT2D eigenvalue weighted by atomic mass is 79.9. The standard InChI is InChI=1S/C12H18BrN3O3/c1-3-8(4-5-17)14-12(19)15-9-6-10(13)11(18)16(2)7-9/h6-8,17H,3-5H2,1-2H3,(H2,14,15,19). The Bertz CT molecular complexity index is 475. The van der Waals surface area contributed by atoms with Crippen molar-refractivity contribution in [1.29, 1.82) is 0 Å². The number of aliphatic hydroxyl groups excluding tert-OH is 1. The molecule has 106 valence electrons. The number of anilines is 1. The molecule has 1 heterocycles. The van der Waals surface area contributed by atoms with Crippen LogP contribution >= 0.6 is 15.9 Å². The quantitative estimate of drug-likeness (QED) is 0.763. The third kappa shape index (κ3) is 4.68. The number of halogens is 1. The monoisotopic (exact) mass is 331 g/mol. The van der Waals surface area contributed by atoms with Gasteiger partial charge in [0.1, 0.15) is 0 Å². The summed E-state index contributed by atoms with van der Waals surface area (Å²) in [6.07, 6.45) is 2.80. The number of aryl methyl sites for hydroxylation is 1. The highest BCUT2D eigenvalue weighted by molar-refractivity contribution is 9.10. The number of aromatic nitrogens is 1. The van der Waals surface area contributed by atoms with Crippen LogP contribution in [0.3, 0.4) is 0 Å². The Kier molecular flexibility index (Phi) is 6.04. The highest BCUT2D eigenvalue weighted by Gasteiger charge is 2.10. The third-order valence-corrected chi connectivity index (χ3v) is 3.27. The van der Waals surface area contributed by atoms with E-state index in [1.807, 2.05) is 6.92 Å². The topological polar surface area (TPSA) is 83.4 Å². The van der Waals surface area contributed by atoms with Gasteiger partial charge in [-0.15, -0.1) is 0 Å². The van der Waals surface area contributed by atoms with Crippen LogP contribution in [0.4, 0.5) is 10.5 Å². The van der Waals surface area contributed by atoms with Crippen molar-refractivity contribution in [1.82, 2.24) is 9.88 Å². The number of nitrogens with zero attached hydrogens (tertiary/aromatic N) is 1. The molecular formula is C12H18BrN3O3. The second-order valence-electron chi connectivity index (χ2n) is 4.21. The molecule has 0 aliphatic carbocycles. The van der Waals surface area contributed by atoms with Crippen LogP contribution in [0.15, 0.2) is 21.5 Å². The normalized spacial score (nSPS) is 12.0. The first-order valence-electron chi connectivity index (χ1n) is 6.02. The first kappa shape index (κ1) is 15.7. The van der Waals surface area contributed by atoms with Crippen molar-refractivity contribution in [3.8, 4) is 0 Å². The third-order valence-electron chi connectivity index (χ3n) is 2.70. The molecule has 1 atom stereocenters. The van der Waals surface area contributed by atoms with E-state index in [9.17, 15) is 9.59 Å². The van der Waals surface area contributed by atoms with Gasteiger partial charge in [0.25, 0.3) is 5.56 Å². The number of aliphatic hydroxyl groups is 1. The minimum absolute atomic E-state index is 0.0319. The van der Waals surface area contributed by atoms with E-state index in [2.05, 4.69) is 26.6 Å². The molecule has 0 spiro atoms. The molecule has 0 radical (unpaired) electrons. The van der Waals surface area contributed by atoms with Crippen LogP contribution in [0.2, 0.25) is 0 Å². The highest BCUT2D eigenvalue weighted by Crippen LogP contribution is 2.11. The maximum Gasteiger partial charge on any atom is 0.319 e. The van der Waals surface area contributed by atoms with Gasteiger partial charge in [0.15, 0.2) is 0 Å². The summed E-state index contributed by atoms with van der Waals surface area (Å²) in [5.41, 5.74) is 0.350. The van der Waals surface area contributed by atoms with E-state index in [0.717, 1.165) is 6.42 Å². The van der Waals surface area contributed by atoms with Crippen LogP contribution in [-0.2, 0) is 7.05 Å². The first-order chi connectivity index (χ1) is 8.97. The molecule has 1 rings (SSSR count). The zero-order chi connectivity index (χ0) is 14.4. The van der Waals surface area contributed by atoms with Crippen molar-refractivity contribution in [2.24, 2.45) is 7.05 Å². The van der Waals surface area contributed by atoms with Crippen LogP contribution < -0.4 is 16.2 Å². The van der Waals surface area contributed by atoms with E-state index in [1.54, 1.807) is 19.3 Å². The number of urea groups is 1. The number of hydrogen-bond donors (Lipinski definition) is 3. The van der Waals surface area contributed by atoms with Gasteiger partial charge in [-0.1, -0.05) is 6.92 Å². The molecule has 1 aromatic rings. The van der Waals surface area contributed by atoms with Gasteiger partial charge in [-0.25, -0.2) is 4.79 Å². The molecular weight excluding hydrogens is 314 g/mol. The molecule has 0 fully saturated rings. The number of amides is 2. The SMILES string of the molecule is CCC(CCO)NC(=O)Nc1cc(Br)c(=O)n(C)c1. The molecule has 1 aromatic heterocycles. The van der Waals surface area contributed by atoms with E-state index in [4.69, 9.17) is 5.11 Å². The molecule has 0 aromatic carbocycles. The van der Waals surface area contributed by atoms with Gasteiger partial charge in [-0.3, -0.25) is 4.79 Å². The molecule has 7 heteroatoms. The predicted octanol–water partition coefficient (Wildman–Crippen LogP) is 1.43. The Morgan fingerprint density at radius 3 is 2.79 bits per heavy atom. The Balaban J connectivity index is 2.69. The molecule has 1 unspecified atom stereocenters. The molecule has 0 aliphatic rings. The van der Waals surface area contributed by atoms with Gasteiger partial charge in [-0.05, 0) is 34.8 Å². The summed E-state index contributed by atoms with van der Waals surface area (Å²) in [6, 6.07) is 1.13. The van der Waals surface area contributed by atoms with Gasteiger partial charge < -0.3 is 20.3 Å². The number of rotatable bonds is 5. The zero-order valence-corrected chi connectivity index (χ0v) is 12.5. The minimum atomic E-state index is -0.356. The number of hydrogen-bond acceptors (Lipinski definition) is 3. The lowest BCUT2D eigenvalue weighted by Gasteiger charge is -2.16. The Morgan fingerprint density at radius 1 is 1.58 bits per heavy atom. The van der Waals surface area contributed by atoms with E-state index in [-0.39, 0.29) is 24.2 Å². The minimum Gasteiger partial charge on any atom is -0.396 e. The fraction of sp³-hybridized carbons (Fsp3) is 0.500. The number of carbonyl (C=O) groups is 1. The summed E-state index contributed by atoms with van der Waals surface area (Å²) < 4.78 is 1.76. The summed E-state index contributed by atoms with van der Waals surface area (Å²) >= 11 is 3.14. The molecule has 0 saturated heterocycles. The number of carbonyl (C=O) groups excluding carboxylic acids is 1. The van der Waals surface area contributed by atoms with Crippen LogP contribution in [0.1, 0.15) is 19.8 Å². The lowest BCUT2D eigenvalue weighted by molar-refractivity contribution is 0.237. The van der Waals surface area contributed by atoms with Gasteiger partial charge in [-0.2, -0.15) is 0 Å². The van der Waals surface area contributed by atoms with Crippen molar-refractivity contribution in [3.05, 3.63) is 27.1 Å². The maximum atomic E-state index is 11.8. The molecule has 0 saturated carbocycles. The summed E-state index contributed by atoms with van der Waals surface area (Å²) in [5.74, 6) is 0. The molecule has 3 N–H and O–H groups in total. The van der Waals surface area contributed by atoms with Gasteiger partial charge >= 0.3 is 6.03 Å². The van der Waals surface area contributed by atoms with Gasteiger partial charge in [0.2, 0.25) is 0 Å². The van der Waals surface area contributed by atoms with Crippen molar-refractivity contribution < 1.29 is 9.90 Å². The van der Waals surface area contributed by atoms with E-state index >= 15 is 0 Å². The predicted molar refractivity (Wildman–Crippen MR) is 77.3 cm³/mol. The smallest absolute Gasteiger partial charge is 0.319 e. The number of pyridine rings is 1. The summed E-state index contributed by atoms with van der Waals surface area (Å²) in [4.78, 5) is 23.2. The fourth-order valence-corrected chi connectivity index (χ4v) is 2.15. The molecule has 0 aliphatic heterocycles. The molecule has 0 bridgehead atoms. The second kappa shape index (κ2) is 7.30. The summed E-state index contributed by atoms with van der Waals surface area (Å²) in [6.45, 7) is 1.97. The average molecular weight is 332 g/mol. The van der Waals surface area contributed by atoms with E-state index in [1.165, 1.54) is 4.57 Å². The Labute approximate surface area is 120 Å². The van der Waals surface area contributed by atoms with Crippen LogP contribution in [0.5, 0.6) is 0 Å². The second-order valence-corrected chi connectivity index (χ2v) is 5.06. The fourth-order valence-electron chi connectivity index (χ4n) is 1.63. The van der Waals surface area contributed by atoms with Gasteiger partial charge in [0.05, 0.1) is 10.2 Å². The van der Waals surface area contributed by atoms with Crippen molar-refractivity contribution in [2.45, 2.75) is 25.8 Å². The lowest BCUT2D eigenvalue weighted by atomic mass is 10.2. The molecule has 19 heavy (non-hydrogen) atoms. The Hall–Kier alpha value is -1.34. The van der Waals surface area contributed by atoms with Crippen LogP contribution in [0.25, 0.3) is 0 Å². The molecule has 6 nitrogen and oxygen atoms in total. The summed E-state index contributed by atoms with van der Waals surface area (Å²) in [5, 5.41) is 14.3. The summed E-state index contributed by atoms with van der Waals surface area (Å²) in [7, 11) is 1.61. The molecule has 2 amide bonds. The lowest BCUT2D eigenvalue weighted by Crippen LogP contribution is -2.38. The average Bonchev–Trinajstić information content (AvgIpc) is 2.35. The Morgan fingerprint density at radius 2 is 2.26 bits per heavy atom.